The van der Waals surface area contributed by atoms with Crippen molar-refractivity contribution < 1.29 is 9.53 Å². The Bertz CT molecular complexity index is 138. The predicted molar refractivity (Wildman–Crippen MR) is 53.5 cm³/mol. The quantitative estimate of drug-likeness (QED) is 0.503. The van der Waals surface area contributed by atoms with Crippen molar-refractivity contribution in [3.63, 3.8) is 0 Å². The van der Waals surface area contributed by atoms with Crippen LogP contribution in [0.15, 0.2) is 0 Å². The van der Waals surface area contributed by atoms with E-state index in [1.54, 1.807) is 0 Å². The van der Waals surface area contributed by atoms with Crippen LogP contribution in [0, 0.1) is 0 Å². The van der Waals surface area contributed by atoms with E-state index < -0.39 is 0 Å². The number of hydrogen-bond acceptors (Lipinski definition) is 3. The molecule has 0 bridgehead atoms. The monoisotopic (exact) mass is 190 g/mol. The van der Waals surface area contributed by atoms with Crippen LogP contribution < -0.4 is 0 Å². The van der Waals surface area contributed by atoms with Gasteiger partial charge >= 0.3 is 5.97 Å². The van der Waals surface area contributed by atoms with E-state index in [1.165, 1.54) is 7.11 Å². The van der Waals surface area contributed by atoms with Crippen LogP contribution in [0.1, 0.15) is 33.6 Å². The van der Waals surface area contributed by atoms with Crippen molar-refractivity contribution in [2.45, 2.75) is 38.4 Å². The number of esters is 1. The fourth-order valence-corrected chi connectivity index (χ4v) is 1.60. The Morgan fingerprint density at radius 3 is 2.42 bits per heavy atom. The van der Waals surface area contributed by atoms with Crippen LogP contribution in [-0.2, 0) is 9.53 Å². The second-order valence-corrected chi connectivity index (χ2v) is 5.56. The zero-order chi connectivity index (χ0) is 9.61. The molecule has 0 amide bonds. The van der Waals surface area contributed by atoms with Gasteiger partial charge in [0.2, 0.25) is 0 Å². The zero-order valence-electron chi connectivity index (χ0n) is 8.35. The van der Waals surface area contributed by atoms with E-state index in [2.05, 4.69) is 25.5 Å². The third-order valence-corrected chi connectivity index (χ3v) is 2.65. The molecule has 0 fully saturated rings. The van der Waals surface area contributed by atoms with Crippen LogP contribution in [-0.4, -0.2) is 23.6 Å². The summed E-state index contributed by atoms with van der Waals surface area (Å²) in [4.78, 5) is 10.7. The van der Waals surface area contributed by atoms with Crippen molar-refractivity contribution in [2.24, 2.45) is 0 Å². The molecule has 3 heteroatoms. The molecule has 0 aliphatic carbocycles. The Hall–Kier alpha value is -0.180. The van der Waals surface area contributed by atoms with Crippen molar-refractivity contribution >= 4 is 17.7 Å². The molecule has 0 unspecified atom stereocenters. The highest BCUT2D eigenvalue weighted by Gasteiger charge is 2.10. The number of ether oxygens (including phenoxy) is 1. The summed E-state index contributed by atoms with van der Waals surface area (Å²) in [5.74, 6) is 0.919. The molecule has 0 aromatic heterocycles. The maximum Gasteiger partial charge on any atom is 0.305 e. The summed E-state index contributed by atoms with van der Waals surface area (Å²) in [5.41, 5.74) is 0. The lowest BCUT2D eigenvalue weighted by Gasteiger charge is -2.16. The second kappa shape index (κ2) is 5.46. The van der Waals surface area contributed by atoms with E-state index in [0.29, 0.717) is 11.2 Å². The fraction of sp³-hybridized carbons (Fsp3) is 0.889. The summed E-state index contributed by atoms with van der Waals surface area (Å²) in [7, 11) is 1.43. The first-order chi connectivity index (χ1) is 5.45. The lowest BCUT2D eigenvalue weighted by Crippen LogP contribution is -2.09. The zero-order valence-corrected chi connectivity index (χ0v) is 9.16. The molecule has 0 heterocycles. The minimum absolute atomic E-state index is 0.107. The van der Waals surface area contributed by atoms with Gasteiger partial charge in [0.1, 0.15) is 0 Å². The van der Waals surface area contributed by atoms with Gasteiger partial charge in [0.05, 0.1) is 7.11 Å². The smallest absolute Gasteiger partial charge is 0.305 e. The normalized spacial score (nSPS) is 11.3. The largest absolute Gasteiger partial charge is 0.469 e. The molecule has 12 heavy (non-hydrogen) atoms. The Morgan fingerprint density at radius 1 is 1.42 bits per heavy atom. The SMILES string of the molecule is COC(=O)CCCSC(C)(C)C. The van der Waals surface area contributed by atoms with E-state index in [9.17, 15) is 4.79 Å². The summed E-state index contributed by atoms with van der Waals surface area (Å²) < 4.78 is 4.84. The van der Waals surface area contributed by atoms with Gasteiger partial charge in [-0.2, -0.15) is 11.8 Å². The average molecular weight is 190 g/mol. The summed E-state index contributed by atoms with van der Waals surface area (Å²) in [6.07, 6.45) is 1.45. The predicted octanol–water partition coefficient (Wildman–Crippen LogP) is 2.47. The third kappa shape index (κ3) is 7.92. The number of thioether (sulfide) groups is 1. The Labute approximate surface area is 79.1 Å². The molecule has 0 aromatic carbocycles. The summed E-state index contributed by atoms with van der Waals surface area (Å²) >= 11 is 1.88. The Balaban J connectivity index is 3.28. The van der Waals surface area contributed by atoms with Crippen molar-refractivity contribution in [3.05, 3.63) is 0 Å². The number of hydrogen-bond donors (Lipinski definition) is 0. The van der Waals surface area contributed by atoms with Crippen molar-refractivity contribution in [1.82, 2.24) is 0 Å². The average Bonchev–Trinajstić information content (AvgIpc) is 1.96. The molecule has 0 rings (SSSR count). The highest BCUT2D eigenvalue weighted by atomic mass is 32.2. The molecular formula is C9H18O2S. The van der Waals surface area contributed by atoms with E-state index in [1.807, 2.05) is 11.8 Å². The molecule has 0 aliphatic heterocycles. The van der Waals surface area contributed by atoms with Gasteiger partial charge in [0.25, 0.3) is 0 Å². The molecule has 0 N–H and O–H groups in total. The summed E-state index contributed by atoms with van der Waals surface area (Å²) in [5, 5.41) is 0. The van der Waals surface area contributed by atoms with E-state index in [4.69, 9.17) is 0 Å². The van der Waals surface area contributed by atoms with Crippen LogP contribution in [0.5, 0.6) is 0 Å². The van der Waals surface area contributed by atoms with Crippen molar-refractivity contribution in [2.75, 3.05) is 12.9 Å². The summed E-state index contributed by atoms with van der Waals surface area (Å²) in [6.45, 7) is 6.53. The molecule has 2 nitrogen and oxygen atoms in total. The highest BCUT2D eigenvalue weighted by Crippen LogP contribution is 2.23. The van der Waals surface area contributed by atoms with Gasteiger partial charge in [-0.3, -0.25) is 4.79 Å². The lowest BCUT2D eigenvalue weighted by molar-refractivity contribution is -0.140. The van der Waals surface area contributed by atoms with Gasteiger partial charge < -0.3 is 4.74 Å². The number of carbonyl (C=O) groups is 1. The molecule has 0 saturated heterocycles. The number of rotatable bonds is 4. The Morgan fingerprint density at radius 2 is 2.00 bits per heavy atom. The van der Waals surface area contributed by atoms with Gasteiger partial charge in [-0.15, -0.1) is 0 Å². The highest BCUT2D eigenvalue weighted by molar-refractivity contribution is 8.00. The van der Waals surface area contributed by atoms with Crippen molar-refractivity contribution in [3.8, 4) is 0 Å². The first-order valence-electron chi connectivity index (χ1n) is 4.16. The summed E-state index contributed by atoms with van der Waals surface area (Å²) in [6, 6.07) is 0. The maximum atomic E-state index is 10.7. The standard InChI is InChI=1S/C9H18O2S/c1-9(2,3)12-7-5-6-8(10)11-4/h5-7H2,1-4H3. The minimum Gasteiger partial charge on any atom is -0.469 e. The van der Waals surface area contributed by atoms with E-state index in [0.717, 1.165) is 12.2 Å². The first kappa shape index (κ1) is 11.8. The third-order valence-electron chi connectivity index (χ3n) is 1.29. The van der Waals surface area contributed by atoms with Gasteiger partial charge in [0, 0.05) is 11.2 Å². The van der Waals surface area contributed by atoms with Crippen LogP contribution in [0.25, 0.3) is 0 Å². The molecule has 0 radical (unpaired) electrons. The van der Waals surface area contributed by atoms with Crippen LogP contribution in [0.3, 0.4) is 0 Å². The molecule has 0 spiro atoms. The van der Waals surface area contributed by atoms with Gasteiger partial charge in [-0.1, -0.05) is 20.8 Å². The van der Waals surface area contributed by atoms with Gasteiger partial charge in [0.15, 0.2) is 0 Å². The topological polar surface area (TPSA) is 26.3 Å². The first-order valence-corrected chi connectivity index (χ1v) is 5.15. The molecule has 0 aliphatic rings. The molecule has 0 saturated carbocycles. The maximum absolute atomic E-state index is 10.7. The van der Waals surface area contributed by atoms with Gasteiger partial charge in [-0.25, -0.2) is 0 Å². The second-order valence-electron chi connectivity index (χ2n) is 3.64. The van der Waals surface area contributed by atoms with Crippen LogP contribution in [0.2, 0.25) is 0 Å². The molecule has 0 atom stereocenters. The van der Waals surface area contributed by atoms with Crippen LogP contribution in [0.4, 0.5) is 0 Å². The fourth-order valence-electron chi connectivity index (χ4n) is 0.697. The molecular weight excluding hydrogens is 172 g/mol. The molecule has 0 aromatic rings. The molecule has 72 valence electrons. The van der Waals surface area contributed by atoms with E-state index in [-0.39, 0.29) is 5.97 Å². The van der Waals surface area contributed by atoms with Crippen molar-refractivity contribution in [1.29, 1.82) is 0 Å². The van der Waals surface area contributed by atoms with Crippen LogP contribution >= 0.6 is 11.8 Å². The van der Waals surface area contributed by atoms with Gasteiger partial charge in [-0.05, 0) is 12.2 Å². The minimum atomic E-state index is -0.107. The number of carbonyl (C=O) groups excluding carboxylic acids is 1. The lowest BCUT2D eigenvalue weighted by atomic mass is 10.3. The Kier molecular flexibility index (Phi) is 5.38. The number of methoxy groups -OCH3 is 1. The van der Waals surface area contributed by atoms with E-state index >= 15 is 0 Å².